The second-order valence-electron chi connectivity index (χ2n) is 4.68. The van der Waals surface area contributed by atoms with Crippen LogP contribution in [0.15, 0.2) is 58.5 Å². The van der Waals surface area contributed by atoms with Crippen LogP contribution in [0.4, 0.5) is 4.39 Å². The number of aryl methyl sites for hydroxylation is 1. The lowest BCUT2D eigenvalue weighted by Gasteiger charge is -2.02. The zero-order valence-electron chi connectivity index (χ0n) is 10.7. The van der Waals surface area contributed by atoms with Crippen LogP contribution in [0.3, 0.4) is 0 Å². The minimum atomic E-state index is -3.61. The monoisotopic (exact) mass is 289 g/mol. The topological polar surface area (TPSA) is 49.9 Å². The summed E-state index contributed by atoms with van der Waals surface area (Å²) in [6.07, 6.45) is 0. The predicted octanol–water partition coefficient (Wildman–Crippen LogP) is 3.45. The summed E-state index contributed by atoms with van der Waals surface area (Å²) in [5.41, 5.74) is 1.58. The molecule has 0 saturated carbocycles. The molecule has 3 rings (SSSR count). The van der Waals surface area contributed by atoms with Gasteiger partial charge in [0.2, 0.25) is 9.84 Å². The summed E-state index contributed by atoms with van der Waals surface area (Å²) in [6.45, 7) is 1.89. The zero-order valence-corrected chi connectivity index (χ0v) is 11.5. The van der Waals surface area contributed by atoms with Gasteiger partial charge in [0.25, 0.3) is 0 Å². The third kappa shape index (κ3) is 2.10. The maximum atomic E-state index is 13.1. The summed E-state index contributed by atoms with van der Waals surface area (Å²) in [5, 5.41) is 0.609. The first-order chi connectivity index (χ1) is 9.46. The Balaban J connectivity index is 2.15. The molecule has 102 valence electrons. The summed E-state index contributed by atoms with van der Waals surface area (Å²) >= 11 is 0. The number of aromatic nitrogens is 1. The first-order valence-corrected chi connectivity index (χ1v) is 7.55. The van der Waals surface area contributed by atoms with Crippen molar-refractivity contribution in [3.05, 3.63) is 59.9 Å². The number of hydrogen-bond donors (Lipinski definition) is 1. The molecule has 0 bridgehead atoms. The van der Waals surface area contributed by atoms with Gasteiger partial charge in [0.1, 0.15) is 10.8 Å². The molecule has 20 heavy (non-hydrogen) atoms. The molecular weight excluding hydrogens is 277 g/mol. The van der Waals surface area contributed by atoms with Crippen molar-refractivity contribution < 1.29 is 12.8 Å². The van der Waals surface area contributed by atoms with Gasteiger partial charge >= 0.3 is 0 Å². The second-order valence-corrected chi connectivity index (χ2v) is 6.60. The summed E-state index contributed by atoms with van der Waals surface area (Å²) in [5.74, 6) is -0.393. The molecule has 0 amide bonds. The molecule has 5 heteroatoms. The lowest BCUT2D eigenvalue weighted by atomic mass is 10.2. The minimum absolute atomic E-state index is 0.0713. The Morgan fingerprint density at radius 2 is 1.70 bits per heavy atom. The van der Waals surface area contributed by atoms with Crippen LogP contribution in [0.25, 0.3) is 10.9 Å². The third-order valence-electron chi connectivity index (χ3n) is 3.18. The van der Waals surface area contributed by atoms with Crippen molar-refractivity contribution in [3.63, 3.8) is 0 Å². The highest BCUT2D eigenvalue weighted by atomic mass is 32.2. The van der Waals surface area contributed by atoms with Crippen LogP contribution >= 0.6 is 0 Å². The SMILES string of the molecule is Cc1ccc(S(=O)(=O)c2cc3cc(F)ccc3[nH]2)cc1. The van der Waals surface area contributed by atoms with Crippen molar-refractivity contribution >= 4 is 20.7 Å². The highest BCUT2D eigenvalue weighted by molar-refractivity contribution is 7.91. The summed E-state index contributed by atoms with van der Waals surface area (Å²) in [4.78, 5) is 3.04. The molecule has 0 atom stereocenters. The standard InChI is InChI=1S/C15H12FNO2S/c1-10-2-5-13(6-3-10)20(18,19)15-9-11-8-12(16)4-7-14(11)17-15/h2-9,17H,1H3. The number of H-pyrrole nitrogens is 1. The normalized spacial score (nSPS) is 11.9. The van der Waals surface area contributed by atoms with Gasteiger partial charge in [-0.3, -0.25) is 0 Å². The maximum Gasteiger partial charge on any atom is 0.221 e. The van der Waals surface area contributed by atoms with Crippen molar-refractivity contribution in [2.24, 2.45) is 0 Å². The first kappa shape index (κ1) is 12.9. The molecule has 0 fully saturated rings. The van der Waals surface area contributed by atoms with E-state index in [-0.39, 0.29) is 9.92 Å². The van der Waals surface area contributed by atoms with Gasteiger partial charge in [0.05, 0.1) is 4.90 Å². The number of halogens is 1. The molecule has 1 aromatic heterocycles. The lowest BCUT2D eigenvalue weighted by molar-refractivity contribution is 0.593. The molecule has 3 aromatic rings. The van der Waals surface area contributed by atoms with Crippen LogP contribution < -0.4 is 0 Å². The van der Waals surface area contributed by atoms with E-state index in [0.29, 0.717) is 10.9 Å². The van der Waals surface area contributed by atoms with E-state index in [4.69, 9.17) is 0 Å². The van der Waals surface area contributed by atoms with E-state index in [2.05, 4.69) is 4.98 Å². The molecule has 1 heterocycles. The number of hydrogen-bond acceptors (Lipinski definition) is 2. The van der Waals surface area contributed by atoms with E-state index < -0.39 is 15.7 Å². The predicted molar refractivity (Wildman–Crippen MR) is 74.9 cm³/mol. The van der Waals surface area contributed by atoms with Gasteiger partial charge in [-0.2, -0.15) is 0 Å². The summed E-state index contributed by atoms with van der Waals surface area (Å²) < 4.78 is 38.1. The fourth-order valence-electron chi connectivity index (χ4n) is 2.07. The number of benzene rings is 2. The molecule has 0 aliphatic rings. The third-order valence-corrected chi connectivity index (χ3v) is 4.87. The van der Waals surface area contributed by atoms with Crippen molar-refractivity contribution in [2.75, 3.05) is 0 Å². The molecule has 3 nitrogen and oxygen atoms in total. The first-order valence-electron chi connectivity index (χ1n) is 6.07. The lowest BCUT2D eigenvalue weighted by Crippen LogP contribution is -2.02. The van der Waals surface area contributed by atoms with E-state index in [0.717, 1.165) is 5.56 Å². The highest BCUT2D eigenvalue weighted by Gasteiger charge is 2.19. The van der Waals surface area contributed by atoms with Gasteiger partial charge < -0.3 is 4.98 Å². The van der Waals surface area contributed by atoms with Crippen molar-refractivity contribution in [1.82, 2.24) is 4.98 Å². The van der Waals surface area contributed by atoms with E-state index in [1.54, 1.807) is 24.3 Å². The van der Waals surface area contributed by atoms with Crippen LogP contribution in [0.1, 0.15) is 5.56 Å². The van der Waals surface area contributed by atoms with E-state index in [1.807, 2.05) is 6.92 Å². The Labute approximate surface area is 116 Å². The van der Waals surface area contributed by atoms with Gasteiger partial charge in [0, 0.05) is 10.9 Å². The number of aromatic amines is 1. The maximum absolute atomic E-state index is 13.1. The van der Waals surface area contributed by atoms with Gasteiger partial charge in [-0.25, -0.2) is 12.8 Å². The Kier molecular flexibility index (Phi) is 2.87. The minimum Gasteiger partial charge on any atom is -0.345 e. The number of nitrogens with one attached hydrogen (secondary N) is 1. The van der Waals surface area contributed by atoms with Crippen LogP contribution in [-0.2, 0) is 9.84 Å². The molecule has 0 unspecified atom stereocenters. The number of fused-ring (bicyclic) bond motifs is 1. The van der Waals surface area contributed by atoms with Crippen molar-refractivity contribution in [3.8, 4) is 0 Å². The van der Waals surface area contributed by atoms with Crippen LogP contribution in [0, 0.1) is 12.7 Å². The molecule has 0 aliphatic carbocycles. The Bertz CT molecular complexity index is 880. The van der Waals surface area contributed by atoms with Gasteiger partial charge in [0.15, 0.2) is 0 Å². The van der Waals surface area contributed by atoms with Gasteiger partial charge in [-0.05, 0) is 43.3 Å². The molecule has 0 saturated heterocycles. The molecule has 2 aromatic carbocycles. The van der Waals surface area contributed by atoms with E-state index in [9.17, 15) is 12.8 Å². The fraction of sp³-hybridized carbons (Fsp3) is 0.0667. The van der Waals surface area contributed by atoms with Gasteiger partial charge in [-0.1, -0.05) is 17.7 Å². The molecule has 0 spiro atoms. The van der Waals surface area contributed by atoms with Crippen LogP contribution in [0.5, 0.6) is 0 Å². The van der Waals surface area contributed by atoms with Crippen molar-refractivity contribution in [2.45, 2.75) is 16.8 Å². The second kappa shape index (κ2) is 4.45. The Morgan fingerprint density at radius 1 is 1.00 bits per heavy atom. The highest BCUT2D eigenvalue weighted by Crippen LogP contribution is 2.25. The van der Waals surface area contributed by atoms with Crippen molar-refractivity contribution in [1.29, 1.82) is 0 Å². The molecular formula is C15H12FNO2S. The van der Waals surface area contributed by atoms with Crippen LogP contribution in [0.2, 0.25) is 0 Å². The van der Waals surface area contributed by atoms with E-state index in [1.165, 1.54) is 24.3 Å². The summed E-state index contributed by atoms with van der Waals surface area (Å²) in [6, 6.07) is 12.2. The molecule has 0 radical (unpaired) electrons. The smallest absolute Gasteiger partial charge is 0.221 e. The average Bonchev–Trinajstić information content (AvgIpc) is 2.83. The Morgan fingerprint density at radius 3 is 2.40 bits per heavy atom. The van der Waals surface area contributed by atoms with E-state index >= 15 is 0 Å². The quantitative estimate of drug-likeness (QED) is 0.785. The van der Waals surface area contributed by atoms with Crippen LogP contribution in [-0.4, -0.2) is 13.4 Å². The summed E-state index contributed by atoms with van der Waals surface area (Å²) in [7, 11) is -3.61. The average molecular weight is 289 g/mol. The Hall–Kier alpha value is -2.14. The molecule has 0 aliphatic heterocycles. The largest absolute Gasteiger partial charge is 0.345 e. The molecule has 1 N–H and O–H groups in total. The number of sulfone groups is 1. The van der Waals surface area contributed by atoms with Gasteiger partial charge in [-0.15, -0.1) is 0 Å². The zero-order chi connectivity index (χ0) is 14.3. The number of rotatable bonds is 2. The fourth-order valence-corrected chi connectivity index (χ4v) is 3.34.